The first-order valence-corrected chi connectivity index (χ1v) is 8.80. The van der Waals surface area contributed by atoms with Crippen LogP contribution in [-0.2, 0) is 11.2 Å². The van der Waals surface area contributed by atoms with Gasteiger partial charge in [-0.05, 0) is 31.0 Å². The monoisotopic (exact) mass is 359 g/mol. The van der Waals surface area contributed by atoms with Gasteiger partial charge in [0, 0.05) is 49.5 Å². The average molecular weight is 360 g/mol. The van der Waals surface area contributed by atoms with Gasteiger partial charge >= 0.3 is 0 Å². The maximum atomic E-state index is 10.8. The molecule has 2 heterocycles. The molecule has 1 aliphatic heterocycles. The third kappa shape index (κ3) is 4.82. The van der Waals surface area contributed by atoms with Crippen LogP contribution < -0.4 is 10.2 Å². The Bertz CT molecular complexity index is 731. The third-order valence-electron chi connectivity index (χ3n) is 4.21. The van der Waals surface area contributed by atoms with Gasteiger partial charge in [0.25, 0.3) is 0 Å². The van der Waals surface area contributed by atoms with Crippen LogP contribution in [-0.4, -0.2) is 54.0 Å². The number of anilines is 2. The van der Waals surface area contributed by atoms with Crippen LogP contribution >= 0.6 is 11.6 Å². The lowest BCUT2D eigenvalue weighted by molar-refractivity contribution is -0.118. The highest BCUT2D eigenvalue weighted by atomic mass is 35.5. The molecule has 7 heteroatoms. The van der Waals surface area contributed by atoms with Gasteiger partial charge in [0.15, 0.2) is 0 Å². The number of halogens is 1. The van der Waals surface area contributed by atoms with Gasteiger partial charge in [-0.15, -0.1) is 0 Å². The molecule has 1 aromatic heterocycles. The van der Waals surface area contributed by atoms with Crippen LogP contribution in [0.2, 0.25) is 5.02 Å². The van der Waals surface area contributed by atoms with E-state index in [4.69, 9.17) is 11.6 Å². The fraction of sp³-hybridized carbons (Fsp3) is 0.389. The molecule has 132 valence electrons. The zero-order valence-corrected chi connectivity index (χ0v) is 15.0. The van der Waals surface area contributed by atoms with E-state index in [2.05, 4.69) is 26.3 Å². The molecule has 1 N–H and O–H groups in total. The lowest BCUT2D eigenvalue weighted by Gasteiger charge is -2.33. The van der Waals surface area contributed by atoms with Crippen molar-refractivity contribution in [1.29, 1.82) is 0 Å². The zero-order chi connectivity index (χ0) is 17.6. The zero-order valence-electron chi connectivity index (χ0n) is 14.3. The topological polar surface area (TPSA) is 61.4 Å². The smallest absolute Gasteiger partial charge is 0.224 e. The maximum absolute atomic E-state index is 10.8. The summed E-state index contributed by atoms with van der Waals surface area (Å²) in [5.74, 6) is 1.54. The van der Waals surface area contributed by atoms with Gasteiger partial charge < -0.3 is 15.1 Å². The van der Waals surface area contributed by atoms with Crippen LogP contribution in [0.4, 0.5) is 11.8 Å². The van der Waals surface area contributed by atoms with Crippen molar-refractivity contribution in [3.63, 3.8) is 0 Å². The first-order chi connectivity index (χ1) is 12.1. The highest BCUT2D eigenvalue weighted by Gasteiger charge is 2.17. The molecule has 0 radical (unpaired) electrons. The fourth-order valence-corrected chi connectivity index (χ4v) is 3.07. The van der Waals surface area contributed by atoms with E-state index in [1.165, 1.54) is 5.56 Å². The van der Waals surface area contributed by atoms with Crippen molar-refractivity contribution in [3.8, 4) is 0 Å². The average Bonchev–Trinajstić information content (AvgIpc) is 2.61. The fourth-order valence-electron chi connectivity index (χ4n) is 2.86. The maximum Gasteiger partial charge on any atom is 0.224 e. The van der Waals surface area contributed by atoms with E-state index in [0.29, 0.717) is 5.95 Å². The Morgan fingerprint density at radius 3 is 2.72 bits per heavy atom. The molecule has 0 aliphatic carbocycles. The Balaban J connectivity index is 1.60. The summed E-state index contributed by atoms with van der Waals surface area (Å²) < 4.78 is 0. The van der Waals surface area contributed by atoms with Gasteiger partial charge in [0.2, 0.25) is 12.4 Å². The van der Waals surface area contributed by atoms with Crippen molar-refractivity contribution >= 4 is 29.8 Å². The summed E-state index contributed by atoms with van der Waals surface area (Å²) in [6.45, 7) is 5.74. The van der Waals surface area contributed by atoms with Gasteiger partial charge in [0.1, 0.15) is 5.82 Å². The highest BCUT2D eigenvalue weighted by molar-refractivity contribution is 6.30. The number of amides is 1. The van der Waals surface area contributed by atoms with E-state index < -0.39 is 0 Å². The molecule has 0 saturated carbocycles. The molecule has 25 heavy (non-hydrogen) atoms. The molecule has 1 amide bonds. The van der Waals surface area contributed by atoms with Crippen molar-refractivity contribution < 1.29 is 4.79 Å². The second-order valence-electron chi connectivity index (χ2n) is 6.13. The number of benzene rings is 1. The lowest BCUT2D eigenvalue weighted by atomic mass is 10.1. The summed E-state index contributed by atoms with van der Waals surface area (Å²) in [7, 11) is 0. The molecule has 1 saturated heterocycles. The standard InChI is InChI=1S/C18H22ClN5O/c1-14-11-17(24-9-7-23(13-25)8-10-24)22-18(21-14)20-6-5-15-3-2-4-16(19)12-15/h2-4,11-13H,5-10H2,1H3,(H,20,21,22). The van der Waals surface area contributed by atoms with Gasteiger partial charge in [0.05, 0.1) is 0 Å². The minimum Gasteiger partial charge on any atom is -0.354 e. The minimum atomic E-state index is 0.634. The largest absolute Gasteiger partial charge is 0.354 e. The summed E-state index contributed by atoms with van der Waals surface area (Å²) in [5.41, 5.74) is 2.10. The SMILES string of the molecule is Cc1cc(N2CCN(C=O)CC2)nc(NCCc2cccc(Cl)c2)n1. The van der Waals surface area contributed by atoms with Crippen LogP contribution in [0.5, 0.6) is 0 Å². The Labute approximate surface area is 152 Å². The Morgan fingerprint density at radius 1 is 1.20 bits per heavy atom. The van der Waals surface area contributed by atoms with Gasteiger partial charge in [-0.25, -0.2) is 4.98 Å². The quantitative estimate of drug-likeness (QED) is 0.802. The summed E-state index contributed by atoms with van der Waals surface area (Å²) in [5, 5.41) is 4.05. The van der Waals surface area contributed by atoms with Crippen LogP contribution in [0.3, 0.4) is 0 Å². The van der Waals surface area contributed by atoms with Crippen molar-refractivity contribution in [3.05, 3.63) is 46.6 Å². The summed E-state index contributed by atoms with van der Waals surface area (Å²) in [6.07, 6.45) is 1.76. The number of nitrogens with zero attached hydrogens (tertiary/aromatic N) is 4. The first-order valence-electron chi connectivity index (χ1n) is 8.42. The number of aromatic nitrogens is 2. The highest BCUT2D eigenvalue weighted by Crippen LogP contribution is 2.17. The molecule has 1 fully saturated rings. The van der Waals surface area contributed by atoms with Crippen LogP contribution in [0.15, 0.2) is 30.3 Å². The van der Waals surface area contributed by atoms with E-state index >= 15 is 0 Å². The Hall–Kier alpha value is -2.34. The van der Waals surface area contributed by atoms with Crippen LogP contribution in [0.1, 0.15) is 11.3 Å². The second-order valence-corrected chi connectivity index (χ2v) is 6.56. The normalized spacial score (nSPS) is 14.5. The number of carbonyl (C=O) groups is 1. The van der Waals surface area contributed by atoms with Crippen molar-refractivity contribution in [2.45, 2.75) is 13.3 Å². The Morgan fingerprint density at radius 2 is 2.00 bits per heavy atom. The number of carbonyl (C=O) groups excluding carboxylic acids is 1. The number of piperazine rings is 1. The summed E-state index contributed by atoms with van der Waals surface area (Å²) in [4.78, 5) is 23.9. The predicted octanol–water partition coefficient (Wildman–Crippen LogP) is 2.37. The van der Waals surface area contributed by atoms with Gasteiger partial charge in [-0.3, -0.25) is 4.79 Å². The molecule has 0 spiro atoms. The van der Waals surface area contributed by atoms with Crippen LogP contribution in [0.25, 0.3) is 0 Å². The van der Waals surface area contributed by atoms with Gasteiger partial charge in [-0.2, -0.15) is 4.98 Å². The molecule has 0 bridgehead atoms. The molecule has 0 atom stereocenters. The van der Waals surface area contributed by atoms with Crippen molar-refractivity contribution in [2.24, 2.45) is 0 Å². The van der Waals surface area contributed by atoms with E-state index in [1.807, 2.05) is 31.2 Å². The molecule has 6 nitrogen and oxygen atoms in total. The molecule has 1 aromatic carbocycles. The van der Waals surface area contributed by atoms with Crippen molar-refractivity contribution in [1.82, 2.24) is 14.9 Å². The molecule has 0 unspecified atom stereocenters. The molecule has 3 rings (SSSR count). The van der Waals surface area contributed by atoms with E-state index in [-0.39, 0.29) is 0 Å². The van der Waals surface area contributed by atoms with E-state index in [0.717, 1.165) is 62.1 Å². The van der Waals surface area contributed by atoms with E-state index in [1.54, 1.807) is 4.90 Å². The number of hydrogen-bond donors (Lipinski definition) is 1. The van der Waals surface area contributed by atoms with Crippen LogP contribution in [0, 0.1) is 6.92 Å². The van der Waals surface area contributed by atoms with E-state index in [9.17, 15) is 4.79 Å². The number of aryl methyl sites for hydroxylation is 1. The summed E-state index contributed by atoms with van der Waals surface area (Å²) >= 11 is 6.01. The Kier molecular flexibility index (Phi) is 5.71. The van der Waals surface area contributed by atoms with Crippen molar-refractivity contribution in [2.75, 3.05) is 42.9 Å². The second kappa shape index (κ2) is 8.16. The number of hydrogen-bond acceptors (Lipinski definition) is 5. The summed E-state index contributed by atoms with van der Waals surface area (Å²) in [6, 6.07) is 9.84. The molecular formula is C18H22ClN5O. The lowest BCUT2D eigenvalue weighted by Crippen LogP contribution is -2.46. The third-order valence-corrected chi connectivity index (χ3v) is 4.45. The van der Waals surface area contributed by atoms with Gasteiger partial charge in [-0.1, -0.05) is 23.7 Å². The predicted molar refractivity (Wildman–Crippen MR) is 100 cm³/mol. The number of rotatable bonds is 6. The molecular weight excluding hydrogens is 338 g/mol. The molecule has 1 aliphatic rings. The first kappa shape index (κ1) is 17.5. The minimum absolute atomic E-state index is 0.634. The number of nitrogens with one attached hydrogen (secondary N) is 1. The molecule has 2 aromatic rings.